The molecule has 0 fully saturated rings. The van der Waals surface area contributed by atoms with Crippen LogP contribution in [0.5, 0.6) is 0 Å². The topological polar surface area (TPSA) is 86.8 Å². The fourth-order valence-electron chi connectivity index (χ4n) is 4.38. The summed E-state index contributed by atoms with van der Waals surface area (Å²) in [5.41, 5.74) is 3.00. The average Bonchev–Trinajstić information content (AvgIpc) is 2.91. The molecule has 7 nitrogen and oxygen atoms in total. The zero-order valence-electron chi connectivity index (χ0n) is 22.6. The molecule has 8 heteroatoms. The van der Waals surface area contributed by atoms with Gasteiger partial charge < -0.3 is 10.2 Å². The lowest BCUT2D eigenvalue weighted by atomic mass is 10.1. The third kappa shape index (κ3) is 7.01. The molecule has 2 amide bonds. The maximum Gasteiger partial charge on any atom is 0.264 e. The molecule has 38 heavy (non-hydrogen) atoms. The zero-order chi connectivity index (χ0) is 27.7. The quantitative estimate of drug-likeness (QED) is 0.360. The van der Waals surface area contributed by atoms with Crippen LogP contribution >= 0.6 is 0 Å². The number of rotatable bonds is 12. The predicted octanol–water partition coefficient (Wildman–Crippen LogP) is 4.83. The first-order chi connectivity index (χ1) is 18.2. The van der Waals surface area contributed by atoms with Gasteiger partial charge in [-0.3, -0.25) is 13.9 Å². The molecule has 0 aliphatic carbocycles. The molecule has 202 valence electrons. The number of hydrogen-bond acceptors (Lipinski definition) is 4. The number of anilines is 1. The van der Waals surface area contributed by atoms with Gasteiger partial charge in [-0.15, -0.1) is 0 Å². The van der Waals surface area contributed by atoms with Gasteiger partial charge in [-0.2, -0.15) is 0 Å². The highest BCUT2D eigenvalue weighted by Crippen LogP contribution is 2.28. The van der Waals surface area contributed by atoms with Gasteiger partial charge in [0.05, 0.1) is 10.6 Å². The number of hydrogen-bond donors (Lipinski definition) is 1. The van der Waals surface area contributed by atoms with E-state index in [1.807, 2.05) is 70.2 Å². The summed E-state index contributed by atoms with van der Waals surface area (Å²) >= 11 is 0. The number of nitrogens with zero attached hydrogens (tertiary/aromatic N) is 2. The summed E-state index contributed by atoms with van der Waals surface area (Å²) in [5, 5.41) is 2.90. The van der Waals surface area contributed by atoms with Crippen molar-refractivity contribution in [2.24, 2.45) is 0 Å². The van der Waals surface area contributed by atoms with Crippen LogP contribution in [0.25, 0.3) is 0 Å². The van der Waals surface area contributed by atoms with Gasteiger partial charge >= 0.3 is 0 Å². The van der Waals surface area contributed by atoms with E-state index in [1.54, 1.807) is 24.3 Å². The third-order valence-corrected chi connectivity index (χ3v) is 8.14. The van der Waals surface area contributed by atoms with Crippen LogP contribution in [-0.2, 0) is 26.2 Å². The van der Waals surface area contributed by atoms with Gasteiger partial charge in [-0.05, 0) is 56.0 Å². The van der Waals surface area contributed by atoms with E-state index < -0.39 is 28.5 Å². The summed E-state index contributed by atoms with van der Waals surface area (Å²) in [6.45, 7) is 7.82. The first-order valence-corrected chi connectivity index (χ1v) is 14.4. The molecule has 1 N–H and O–H groups in total. The average molecular weight is 536 g/mol. The lowest BCUT2D eigenvalue weighted by molar-refractivity contribution is -0.140. The third-order valence-electron chi connectivity index (χ3n) is 6.36. The van der Waals surface area contributed by atoms with Crippen LogP contribution in [0.1, 0.15) is 43.4 Å². The van der Waals surface area contributed by atoms with Crippen molar-refractivity contribution < 1.29 is 18.0 Å². The second kappa shape index (κ2) is 13.2. The van der Waals surface area contributed by atoms with Gasteiger partial charge in [0.25, 0.3) is 10.0 Å². The second-order valence-electron chi connectivity index (χ2n) is 9.34. The van der Waals surface area contributed by atoms with E-state index in [0.717, 1.165) is 27.4 Å². The van der Waals surface area contributed by atoms with E-state index in [2.05, 4.69) is 5.32 Å². The molecular formula is C30H37N3O4S. The highest BCUT2D eigenvalue weighted by atomic mass is 32.2. The monoisotopic (exact) mass is 535 g/mol. The van der Waals surface area contributed by atoms with Crippen molar-refractivity contribution in [3.63, 3.8) is 0 Å². The Morgan fingerprint density at radius 1 is 0.895 bits per heavy atom. The second-order valence-corrected chi connectivity index (χ2v) is 11.2. The van der Waals surface area contributed by atoms with Crippen LogP contribution < -0.4 is 9.62 Å². The minimum atomic E-state index is -4.07. The van der Waals surface area contributed by atoms with Crippen LogP contribution in [0, 0.1) is 13.8 Å². The standard InChI is InChI=1S/C30H37N3O4S/c1-5-19-31-30(35)27(6-2)32(21-25-13-9-7-10-14-25)29(34)22-33(28-18-17-23(3)20-24(28)4)38(36,37)26-15-11-8-12-16-26/h7-18,20,27H,5-6,19,21-22H2,1-4H3,(H,31,35)/t27-/m1/s1. The maximum absolute atomic E-state index is 14.0. The first kappa shape index (κ1) is 28.9. The fraction of sp³-hybridized carbons (Fsp3) is 0.333. The fourth-order valence-corrected chi connectivity index (χ4v) is 5.88. The number of sulfonamides is 1. The molecule has 0 saturated carbocycles. The Labute approximate surface area is 226 Å². The van der Waals surface area contributed by atoms with Crippen molar-refractivity contribution >= 4 is 27.5 Å². The SMILES string of the molecule is CCCNC(=O)[C@@H](CC)N(Cc1ccccc1)C(=O)CN(c1ccc(C)cc1C)S(=O)(=O)c1ccccc1. The predicted molar refractivity (Wildman–Crippen MR) is 151 cm³/mol. The number of carbonyl (C=O) groups is 2. The molecule has 3 rings (SSSR count). The van der Waals surface area contributed by atoms with Gasteiger partial charge in [-0.1, -0.05) is 80.1 Å². The minimum absolute atomic E-state index is 0.0927. The van der Waals surface area contributed by atoms with E-state index >= 15 is 0 Å². The summed E-state index contributed by atoms with van der Waals surface area (Å²) in [7, 11) is -4.07. The molecule has 0 spiro atoms. The Morgan fingerprint density at radius 2 is 1.53 bits per heavy atom. The van der Waals surface area contributed by atoms with Crippen molar-refractivity contribution in [3.8, 4) is 0 Å². The Kier molecular flexibility index (Phi) is 10.1. The lowest BCUT2D eigenvalue weighted by Gasteiger charge is -2.33. The van der Waals surface area contributed by atoms with Crippen molar-refractivity contribution in [1.82, 2.24) is 10.2 Å². The molecule has 0 bridgehead atoms. The maximum atomic E-state index is 14.0. The Balaban J connectivity index is 2.06. The van der Waals surface area contributed by atoms with Crippen LogP contribution in [0.4, 0.5) is 5.69 Å². The molecule has 0 aliphatic heterocycles. The molecule has 0 aromatic heterocycles. The Morgan fingerprint density at radius 3 is 2.11 bits per heavy atom. The highest BCUT2D eigenvalue weighted by Gasteiger charge is 2.34. The van der Waals surface area contributed by atoms with Crippen LogP contribution in [-0.4, -0.2) is 44.3 Å². The van der Waals surface area contributed by atoms with Gasteiger partial charge in [0.2, 0.25) is 11.8 Å². The van der Waals surface area contributed by atoms with Gasteiger partial charge in [0.1, 0.15) is 12.6 Å². The summed E-state index contributed by atoms with van der Waals surface area (Å²) in [6, 6.07) is 22.2. The number of benzene rings is 3. The highest BCUT2D eigenvalue weighted by molar-refractivity contribution is 7.92. The molecule has 1 atom stereocenters. The Hall–Kier alpha value is -3.65. The molecule has 0 unspecified atom stereocenters. The molecule has 0 aliphatic rings. The smallest absolute Gasteiger partial charge is 0.264 e. The summed E-state index contributed by atoms with van der Waals surface area (Å²) in [5.74, 6) is -0.700. The van der Waals surface area contributed by atoms with E-state index in [-0.39, 0.29) is 17.3 Å². The Bertz CT molecular complexity index is 1330. The molecular weight excluding hydrogens is 498 g/mol. The van der Waals surface area contributed by atoms with Crippen molar-refractivity contribution in [2.75, 3.05) is 17.4 Å². The number of nitrogens with one attached hydrogen (secondary N) is 1. The lowest BCUT2D eigenvalue weighted by Crippen LogP contribution is -2.52. The van der Waals surface area contributed by atoms with E-state index in [0.29, 0.717) is 18.7 Å². The summed E-state index contributed by atoms with van der Waals surface area (Å²) in [6.07, 6.45) is 1.16. The molecule has 0 radical (unpaired) electrons. The van der Waals surface area contributed by atoms with Gasteiger partial charge in [-0.25, -0.2) is 8.42 Å². The largest absolute Gasteiger partial charge is 0.354 e. The summed E-state index contributed by atoms with van der Waals surface area (Å²) in [4.78, 5) is 28.7. The van der Waals surface area contributed by atoms with Crippen LogP contribution in [0.15, 0.2) is 83.8 Å². The number of carbonyl (C=O) groups excluding carboxylic acids is 2. The normalized spacial score (nSPS) is 12.0. The van der Waals surface area contributed by atoms with Crippen LogP contribution in [0.2, 0.25) is 0 Å². The summed E-state index contributed by atoms with van der Waals surface area (Å²) < 4.78 is 28.9. The minimum Gasteiger partial charge on any atom is -0.354 e. The van der Waals surface area contributed by atoms with Crippen LogP contribution in [0.3, 0.4) is 0 Å². The molecule has 3 aromatic rings. The van der Waals surface area contributed by atoms with E-state index in [9.17, 15) is 18.0 Å². The number of amides is 2. The van der Waals surface area contributed by atoms with Crippen molar-refractivity contribution in [2.45, 2.75) is 58.0 Å². The molecule has 0 saturated heterocycles. The van der Waals surface area contributed by atoms with E-state index in [4.69, 9.17) is 0 Å². The van der Waals surface area contributed by atoms with Gasteiger partial charge in [0.15, 0.2) is 0 Å². The zero-order valence-corrected chi connectivity index (χ0v) is 23.4. The molecule has 0 heterocycles. The molecule has 3 aromatic carbocycles. The van der Waals surface area contributed by atoms with Crippen molar-refractivity contribution in [1.29, 1.82) is 0 Å². The van der Waals surface area contributed by atoms with Gasteiger partial charge in [0, 0.05) is 13.1 Å². The number of aryl methyl sites for hydroxylation is 2. The van der Waals surface area contributed by atoms with Crippen molar-refractivity contribution in [3.05, 3.63) is 95.6 Å². The first-order valence-electron chi connectivity index (χ1n) is 12.9. The van der Waals surface area contributed by atoms with E-state index in [1.165, 1.54) is 17.0 Å².